The quantitative estimate of drug-likeness (QED) is 0.119. The van der Waals surface area contributed by atoms with Crippen LogP contribution in [0.15, 0.2) is 30.4 Å². The minimum absolute atomic E-state index is 0.0336. The SMILES string of the molecule is C=C(C)C(=O)OCC(CO)CC1CCC(c2ccc3c(c2)CCC(CCC2CCC(C4CCC(CCCCC)CC4)CC2)C3)CC1. The van der Waals surface area contributed by atoms with Crippen LogP contribution < -0.4 is 0 Å². The van der Waals surface area contributed by atoms with E-state index in [1.807, 2.05) is 0 Å². The molecule has 3 fully saturated rings. The highest BCUT2D eigenvalue weighted by Crippen LogP contribution is 2.44. The molecule has 0 heterocycles. The second-order valence-electron chi connectivity index (χ2n) is 16.7. The molecule has 1 aromatic rings. The number of hydrogen-bond acceptors (Lipinski definition) is 3. The van der Waals surface area contributed by atoms with Gasteiger partial charge in [0.1, 0.15) is 0 Å². The number of benzene rings is 1. The average Bonchev–Trinajstić information content (AvgIpc) is 3.09. The van der Waals surface area contributed by atoms with Gasteiger partial charge in [-0.1, -0.05) is 89.5 Å². The van der Waals surface area contributed by atoms with Gasteiger partial charge in [-0.25, -0.2) is 4.79 Å². The van der Waals surface area contributed by atoms with E-state index in [0.29, 0.717) is 24.0 Å². The van der Waals surface area contributed by atoms with E-state index in [4.69, 9.17) is 4.74 Å². The summed E-state index contributed by atoms with van der Waals surface area (Å²) >= 11 is 0. The Kier molecular flexibility index (Phi) is 14.1. The average molecular weight is 633 g/mol. The fraction of sp³-hybridized carbons (Fsp3) is 0.791. The van der Waals surface area contributed by atoms with Crippen molar-refractivity contribution in [1.82, 2.24) is 0 Å². The first-order valence-corrected chi connectivity index (χ1v) is 20.0. The van der Waals surface area contributed by atoms with Crippen LogP contribution in [0, 0.1) is 41.4 Å². The maximum Gasteiger partial charge on any atom is 0.333 e. The molecule has 2 unspecified atom stereocenters. The number of aliphatic hydroxyl groups is 1. The molecule has 0 amide bonds. The van der Waals surface area contributed by atoms with Crippen molar-refractivity contribution in [3.63, 3.8) is 0 Å². The Hall–Kier alpha value is -1.61. The highest BCUT2D eigenvalue weighted by Gasteiger charge is 2.32. The zero-order chi connectivity index (χ0) is 32.3. The van der Waals surface area contributed by atoms with Crippen molar-refractivity contribution < 1.29 is 14.6 Å². The first-order valence-electron chi connectivity index (χ1n) is 20.0. The number of aryl methyl sites for hydroxylation is 1. The van der Waals surface area contributed by atoms with Gasteiger partial charge in [0.2, 0.25) is 0 Å². The molecule has 0 radical (unpaired) electrons. The van der Waals surface area contributed by atoms with Crippen molar-refractivity contribution in [3.05, 3.63) is 47.0 Å². The highest BCUT2D eigenvalue weighted by molar-refractivity contribution is 5.86. The predicted octanol–water partition coefficient (Wildman–Crippen LogP) is 11.2. The second kappa shape index (κ2) is 18.2. The summed E-state index contributed by atoms with van der Waals surface area (Å²) in [6.45, 7) is 8.04. The van der Waals surface area contributed by atoms with Crippen LogP contribution in [0.25, 0.3) is 0 Å². The molecule has 46 heavy (non-hydrogen) atoms. The lowest BCUT2D eigenvalue weighted by molar-refractivity contribution is -0.140. The Morgan fingerprint density at radius 3 is 2.07 bits per heavy atom. The van der Waals surface area contributed by atoms with Gasteiger partial charge in [0.05, 0.1) is 6.61 Å². The van der Waals surface area contributed by atoms with E-state index in [9.17, 15) is 9.90 Å². The summed E-state index contributed by atoms with van der Waals surface area (Å²) in [4.78, 5) is 11.8. The minimum atomic E-state index is -0.348. The summed E-state index contributed by atoms with van der Waals surface area (Å²) in [6.07, 6.45) is 30.7. The highest BCUT2D eigenvalue weighted by atomic mass is 16.5. The number of esters is 1. The summed E-state index contributed by atoms with van der Waals surface area (Å²) in [7, 11) is 0. The van der Waals surface area contributed by atoms with Gasteiger partial charge < -0.3 is 9.84 Å². The smallest absolute Gasteiger partial charge is 0.333 e. The molecule has 0 saturated heterocycles. The molecule has 3 saturated carbocycles. The molecule has 0 spiro atoms. The predicted molar refractivity (Wildman–Crippen MR) is 192 cm³/mol. The number of ether oxygens (including phenoxy) is 1. The summed E-state index contributed by atoms with van der Waals surface area (Å²) in [5, 5.41) is 9.84. The summed E-state index contributed by atoms with van der Waals surface area (Å²) in [5.74, 6) is 6.02. The number of aliphatic hydroxyl groups excluding tert-OH is 1. The number of rotatable bonds is 15. The molecule has 1 aromatic carbocycles. The Bertz CT molecular complexity index is 1070. The number of carbonyl (C=O) groups excluding carboxylic acids is 1. The molecular weight excluding hydrogens is 564 g/mol. The van der Waals surface area contributed by atoms with E-state index < -0.39 is 0 Å². The maximum absolute atomic E-state index is 11.8. The molecule has 5 rings (SSSR count). The number of fused-ring (bicyclic) bond motifs is 1. The van der Waals surface area contributed by atoms with Crippen molar-refractivity contribution in [3.8, 4) is 0 Å². The van der Waals surface area contributed by atoms with Gasteiger partial charge in [-0.2, -0.15) is 0 Å². The zero-order valence-corrected chi connectivity index (χ0v) is 29.8. The summed E-state index contributed by atoms with van der Waals surface area (Å²) < 4.78 is 5.33. The number of carbonyl (C=O) groups is 1. The molecule has 3 heteroatoms. The third-order valence-corrected chi connectivity index (χ3v) is 13.3. The fourth-order valence-corrected chi connectivity index (χ4v) is 10.1. The van der Waals surface area contributed by atoms with Crippen LogP contribution in [0.3, 0.4) is 0 Å². The normalized spacial score (nSPS) is 30.7. The van der Waals surface area contributed by atoms with Crippen molar-refractivity contribution in [2.45, 2.75) is 161 Å². The Balaban J connectivity index is 0.979. The topological polar surface area (TPSA) is 46.5 Å². The lowest BCUT2D eigenvalue weighted by Gasteiger charge is -2.38. The van der Waals surface area contributed by atoms with Gasteiger partial charge in [-0.15, -0.1) is 0 Å². The van der Waals surface area contributed by atoms with E-state index in [2.05, 4.69) is 31.7 Å². The monoisotopic (exact) mass is 633 g/mol. The number of unbranched alkanes of at least 4 members (excludes halogenated alkanes) is 2. The Morgan fingerprint density at radius 2 is 1.43 bits per heavy atom. The summed E-state index contributed by atoms with van der Waals surface area (Å²) in [6, 6.07) is 7.52. The van der Waals surface area contributed by atoms with Gasteiger partial charge in [-0.05, 0) is 149 Å². The lowest BCUT2D eigenvalue weighted by atomic mass is 9.68. The zero-order valence-electron chi connectivity index (χ0n) is 29.8. The third-order valence-electron chi connectivity index (χ3n) is 13.3. The molecule has 0 bridgehead atoms. The van der Waals surface area contributed by atoms with Gasteiger partial charge in [0.15, 0.2) is 0 Å². The molecule has 0 aromatic heterocycles. The van der Waals surface area contributed by atoms with Gasteiger partial charge in [-0.3, -0.25) is 0 Å². The fourth-order valence-electron chi connectivity index (χ4n) is 10.1. The molecule has 4 aliphatic carbocycles. The van der Waals surface area contributed by atoms with E-state index in [-0.39, 0.29) is 18.5 Å². The van der Waals surface area contributed by atoms with Crippen molar-refractivity contribution in [2.24, 2.45) is 41.4 Å². The van der Waals surface area contributed by atoms with Crippen molar-refractivity contribution in [2.75, 3.05) is 13.2 Å². The Labute approximate surface area is 282 Å². The van der Waals surface area contributed by atoms with Crippen LogP contribution >= 0.6 is 0 Å². The van der Waals surface area contributed by atoms with E-state index >= 15 is 0 Å². The van der Waals surface area contributed by atoms with E-state index in [0.717, 1.165) is 36.0 Å². The minimum Gasteiger partial charge on any atom is -0.462 e. The standard InChI is InChI=1S/C43H68O3/c1-4-5-6-7-32-10-17-37(18-11-32)38-19-12-33(13-20-38)8-9-35-16-23-42-28-41(25-24-40(42)27-35)39-21-14-34(15-22-39)26-36(29-44)30-46-43(45)31(2)3/h24-25,28,32-39,44H,2,4-23,26-27,29-30H2,1,3H3. The first-order chi connectivity index (χ1) is 22.4. The van der Waals surface area contributed by atoms with E-state index in [1.165, 1.54) is 135 Å². The second-order valence-corrected chi connectivity index (χ2v) is 16.7. The largest absolute Gasteiger partial charge is 0.462 e. The van der Waals surface area contributed by atoms with Crippen molar-refractivity contribution >= 4 is 5.97 Å². The van der Waals surface area contributed by atoms with Gasteiger partial charge in [0, 0.05) is 18.1 Å². The lowest BCUT2D eigenvalue weighted by Crippen LogP contribution is -2.26. The van der Waals surface area contributed by atoms with Crippen LogP contribution in [0.4, 0.5) is 0 Å². The molecule has 3 nitrogen and oxygen atoms in total. The molecule has 4 aliphatic rings. The maximum atomic E-state index is 11.8. The molecule has 1 N–H and O–H groups in total. The van der Waals surface area contributed by atoms with E-state index in [1.54, 1.807) is 23.6 Å². The van der Waals surface area contributed by atoms with Crippen LogP contribution in [-0.4, -0.2) is 24.3 Å². The van der Waals surface area contributed by atoms with Crippen LogP contribution in [0.1, 0.15) is 165 Å². The Morgan fingerprint density at radius 1 is 0.804 bits per heavy atom. The van der Waals surface area contributed by atoms with Gasteiger partial charge in [0.25, 0.3) is 0 Å². The third kappa shape index (κ3) is 10.4. The van der Waals surface area contributed by atoms with Crippen LogP contribution in [-0.2, 0) is 22.4 Å². The number of hydrogen-bond donors (Lipinski definition) is 1. The molecule has 2 atom stereocenters. The summed E-state index contributed by atoms with van der Waals surface area (Å²) in [5.41, 5.74) is 5.26. The molecule has 0 aliphatic heterocycles. The first kappa shape index (κ1) is 35.7. The van der Waals surface area contributed by atoms with Crippen LogP contribution in [0.2, 0.25) is 0 Å². The van der Waals surface area contributed by atoms with Crippen molar-refractivity contribution in [1.29, 1.82) is 0 Å². The molecular formula is C43H68O3. The molecule has 258 valence electrons. The van der Waals surface area contributed by atoms with Crippen LogP contribution in [0.5, 0.6) is 0 Å². The van der Waals surface area contributed by atoms with Gasteiger partial charge >= 0.3 is 5.97 Å².